The van der Waals surface area contributed by atoms with Gasteiger partial charge >= 0.3 is 12.1 Å². The Kier molecular flexibility index (Phi) is 5.42. The number of ether oxygens (including phenoxy) is 1. The molecule has 0 atom stereocenters. The molecule has 0 saturated carbocycles. The molecule has 5 heteroatoms. The summed E-state index contributed by atoms with van der Waals surface area (Å²) in [5.41, 5.74) is 0.428. The van der Waals surface area contributed by atoms with E-state index in [1.165, 1.54) is 6.08 Å². The molecule has 0 radical (unpaired) electrons. The highest BCUT2D eigenvalue weighted by Crippen LogP contribution is 2.19. The normalized spacial score (nSPS) is 11.7. The molecule has 0 amide bonds. The Morgan fingerprint density at radius 2 is 1.83 bits per heavy atom. The van der Waals surface area contributed by atoms with E-state index in [0.717, 1.165) is 6.08 Å². The number of alkyl halides is 3. The quantitative estimate of drug-likeness (QED) is 0.457. The number of halogens is 3. The molecule has 1 aromatic rings. The summed E-state index contributed by atoms with van der Waals surface area (Å²) >= 11 is 0. The summed E-state index contributed by atoms with van der Waals surface area (Å²) < 4.78 is 40.2. The Morgan fingerprint density at radius 1 is 1.17 bits per heavy atom. The Balaban J connectivity index is 2.21. The second kappa shape index (κ2) is 6.83. The summed E-state index contributed by atoms with van der Waals surface area (Å²) in [5, 5.41) is 0. The predicted molar refractivity (Wildman–Crippen MR) is 61.2 cm³/mol. The molecule has 0 aliphatic carbocycles. The maximum atomic E-state index is 11.8. The molecule has 0 N–H and O–H groups in total. The highest BCUT2D eigenvalue weighted by atomic mass is 19.4. The van der Waals surface area contributed by atoms with Crippen LogP contribution in [-0.4, -0.2) is 18.8 Å². The second-order valence-electron chi connectivity index (χ2n) is 3.58. The van der Waals surface area contributed by atoms with Gasteiger partial charge in [0.1, 0.15) is 0 Å². The summed E-state index contributed by atoms with van der Waals surface area (Å²) in [6, 6.07) is 8.42. The zero-order valence-electron chi connectivity index (χ0n) is 9.61. The second-order valence-corrected chi connectivity index (χ2v) is 3.58. The zero-order chi connectivity index (χ0) is 13.4. The van der Waals surface area contributed by atoms with Crippen molar-refractivity contribution in [2.45, 2.75) is 19.0 Å². The van der Waals surface area contributed by atoms with Crippen molar-refractivity contribution < 1.29 is 22.7 Å². The van der Waals surface area contributed by atoms with Crippen molar-refractivity contribution in [3.8, 4) is 0 Å². The van der Waals surface area contributed by atoms with E-state index < -0.39 is 18.6 Å². The van der Waals surface area contributed by atoms with Crippen LogP contribution in [0.1, 0.15) is 23.2 Å². The third kappa shape index (κ3) is 6.08. The van der Waals surface area contributed by atoms with E-state index in [9.17, 15) is 18.0 Å². The molecule has 0 aliphatic rings. The van der Waals surface area contributed by atoms with Gasteiger partial charge in [-0.05, 0) is 18.6 Å². The van der Waals surface area contributed by atoms with Crippen molar-refractivity contribution in [1.82, 2.24) is 0 Å². The Morgan fingerprint density at radius 3 is 2.44 bits per heavy atom. The van der Waals surface area contributed by atoms with Crippen LogP contribution in [0.25, 0.3) is 0 Å². The minimum absolute atomic E-state index is 0.0715. The molecular formula is C13H13F3O2. The lowest BCUT2D eigenvalue weighted by molar-refractivity contribution is -0.125. The molecule has 0 saturated heterocycles. The number of carbonyl (C=O) groups excluding carboxylic acids is 1. The standard InChI is InChI=1S/C13H13F3O2/c14-13(15,16)9-5-2-6-10-18-12(17)11-7-3-1-4-8-11/h1-5,7-8H,6,9-10H2/b5-2-. The topological polar surface area (TPSA) is 26.3 Å². The van der Waals surface area contributed by atoms with Gasteiger partial charge in [-0.15, -0.1) is 0 Å². The number of benzene rings is 1. The van der Waals surface area contributed by atoms with Gasteiger partial charge < -0.3 is 4.74 Å². The molecule has 0 unspecified atom stereocenters. The van der Waals surface area contributed by atoms with Gasteiger partial charge in [0.25, 0.3) is 0 Å². The summed E-state index contributed by atoms with van der Waals surface area (Å²) in [6.45, 7) is 0.0715. The van der Waals surface area contributed by atoms with Crippen molar-refractivity contribution in [2.75, 3.05) is 6.61 Å². The third-order valence-electron chi connectivity index (χ3n) is 2.04. The van der Waals surface area contributed by atoms with E-state index in [0.29, 0.717) is 5.56 Å². The summed E-state index contributed by atoms with van der Waals surface area (Å²) in [6.07, 6.45) is -2.49. The monoisotopic (exact) mass is 258 g/mol. The SMILES string of the molecule is O=C(OCC/C=C\CC(F)(F)F)c1ccccc1. The molecular weight excluding hydrogens is 245 g/mol. The number of hydrogen-bond acceptors (Lipinski definition) is 2. The van der Waals surface area contributed by atoms with E-state index in [1.54, 1.807) is 30.3 Å². The lowest BCUT2D eigenvalue weighted by atomic mass is 10.2. The van der Waals surface area contributed by atoms with E-state index in [1.807, 2.05) is 0 Å². The van der Waals surface area contributed by atoms with Crippen LogP contribution in [0, 0.1) is 0 Å². The van der Waals surface area contributed by atoms with Crippen LogP contribution in [0.3, 0.4) is 0 Å². The molecule has 0 spiro atoms. The first-order valence-corrected chi connectivity index (χ1v) is 5.43. The first-order valence-electron chi connectivity index (χ1n) is 5.43. The fraction of sp³-hybridized carbons (Fsp3) is 0.308. The lowest BCUT2D eigenvalue weighted by Crippen LogP contribution is -2.06. The van der Waals surface area contributed by atoms with Gasteiger partial charge in [0.05, 0.1) is 18.6 Å². The average Bonchev–Trinajstić information content (AvgIpc) is 2.33. The molecule has 0 aromatic heterocycles. The van der Waals surface area contributed by atoms with Crippen LogP contribution in [0.15, 0.2) is 42.5 Å². The molecule has 0 aliphatic heterocycles. The summed E-state index contributed by atoms with van der Waals surface area (Å²) in [7, 11) is 0. The predicted octanol–water partition coefficient (Wildman–Crippen LogP) is 3.74. The van der Waals surface area contributed by atoms with Gasteiger partial charge in [-0.3, -0.25) is 0 Å². The third-order valence-corrected chi connectivity index (χ3v) is 2.04. The Hall–Kier alpha value is -1.78. The van der Waals surface area contributed by atoms with E-state index in [2.05, 4.69) is 0 Å². The van der Waals surface area contributed by atoms with Gasteiger partial charge in [-0.25, -0.2) is 4.79 Å². The van der Waals surface area contributed by atoms with Crippen LogP contribution < -0.4 is 0 Å². The molecule has 0 heterocycles. The van der Waals surface area contributed by atoms with Gasteiger partial charge in [0.15, 0.2) is 0 Å². The van der Waals surface area contributed by atoms with Gasteiger partial charge in [0.2, 0.25) is 0 Å². The van der Waals surface area contributed by atoms with E-state index in [-0.39, 0.29) is 13.0 Å². The zero-order valence-corrected chi connectivity index (χ0v) is 9.61. The maximum absolute atomic E-state index is 11.8. The summed E-state index contributed by atoms with van der Waals surface area (Å²) in [4.78, 5) is 11.4. The van der Waals surface area contributed by atoms with Gasteiger partial charge in [-0.2, -0.15) is 13.2 Å². The molecule has 0 bridgehead atoms. The van der Waals surface area contributed by atoms with Crippen molar-refractivity contribution in [1.29, 1.82) is 0 Å². The van der Waals surface area contributed by atoms with Crippen molar-refractivity contribution >= 4 is 5.97 Å². The molecule has 98 valence electrons. The fourth-order valence-electron chi connectivity index (χ4n) is 1.21. The fourth-order valence-corrected chi connectivity index (χ4v) is 1.21. The number of esters is 1. The van der Waals surface area contributed by atoms with E-state index in [4.69, 9.17) is 4.74 Å². The van der Waals surface area contributed by atoms with Crippen LogP contribution in [-0.2, 0) is 4.74 Å². The lowest BCUT2D eigenvalue weighted by Gasteiger charge is -2.03. The minimum atomic E-state index is -4.18. The van der Waals surface area contributed by atoms with E-state index >= 15 is 0 Å². The highest BCUT2D eigenvalue weighted by molar-refractivity contribution is 5.89. The van der Waals surface area contributed by atoms with Crippen LogP contribution >= 0.6 is 0 Å². The molecule has 2 nitrogen and oxygen atoms in total. The Bertz CT molecular complexity index is 396. The average molecular weight is 258 g/mol. The Labute approximate surface area is 103 Å². The molecule has 1 aromatic carbocycles. The molecule has 0 fully saturated rings. The number of rotatable bonds is 5. The number of allylic oxidation sites excluding steroid dienone is 1. The van der Waals surface area contributed by atoms with Crippen LogP contribution in [0.2, 0.25) is 0 Å². The van der Waals surface area contributed by atoms with Crippen molar-refractivity contribution in [3.05, 3.63) is 48.0 Å². The van der Waals surface area contributed by atoms with Crippen LogP contribution in [0.4, 0.5) is 13.2 Å². The molecule has 1 rings (SSSR count). The highest BCUT2D eigenvalue weighted by Gasteiger charge is 2.24. The first-order chi connectivity index (χ1) is 8.49. The van der Waals surface area contributed by atoms with Crippen LogP contribution in [0.5, 0.6) is 0 Å². The smallest absolute Gasteiger partial charge is 0.392 e. The largest absolute Gasteiger partial charge is 0.462 e. The van der Waals surface area contributed by atoms with Crippen molar-refractivity contribution in [3.63, 3.8) is 0 Å². The number of hydrogen-bond donors (Lipinski definition) is 0. The first kappa shape index (κ1) is 14.3. The number of carbonyl (C=O) groups is 1. The van der Waals surface area contributed by atoms with Crippen molar-refractivity contribution in [2.24, 2.45) is 0 Å². The molecule has 18 heavy (non-hydrogen) atoms. The summed E-state index contributed by atoms with van der Waals surface area (Å²) in [5.74, 6) is -0.472. The van der Waals surface area contributed by atoms with Gasteiger partial charge in [-0.1, -0.05) is 30.4 Å². The minimum Gasteiger partial charge on any atom is -0.462 e. The maximum Gasteiger partial charge on any atom is 0.392 e. The van der Waals surface area contributed by atoms with Gasteiger partial charge in [0, 0.05) is 0 Å².